The number of phenolic OH excluding ortho intramolecular Hbond substituents is 1. The third-order valence-electron chi connectivity index (χ3n) is 2.92. The first kappa shape index (κ1) is 10.0. The van der Waals surface area contributed by atoms with Crippen LogP contribution in [0.25, 0.3) is 0 Å². The number of fused-ring (bicyclic) bond motifs is 1. The molecule has 1 aliphatic rings. The molecule has 0 aromatic heterocycles. The van der Waals surface area contributed by atoms with Crippen LogP contribution in [0, 0.1) is 5.92 Å². The fourth-order valence-electron chi connectivity index (χ4n) is 1.86. The number of carbonyl (C=O) groups is 1. The van der Waals surface area contributed by atoms with Crippen molar-refractivity contribution < 1.29 is 14.6 Å². The number of hydrogen-bond donors (Lipinski definition) is 1. The van der Waals surface area contributed by atoms with Gasteiger partial charge in [-0.2, -0.15) is 0 Å². The minimum Gasteiger partial charge on any atom is -0.508 e. The highest BCUT2D eigenvalue weighted by atomic mass is 16.5. The van der Waals surface area contributed by atoms with Crippen molar-refractivity contribution in [3.63, 3.8) is 0 Å². The summed E-state index contributed by atoms with van der Waals surface area (Å²) >= 11 is 0. The molecule has 0 saturated carbocycles. The van der Waals surface area contributed by atoms with Crippen LogP contribution in [-0.2, 0) is 11.2 Å². The van der Waals surface area contributed by atoms with Gasteiger partial charge in [-0.25, -0.2) is 0 Å². The summed E-state index contributed by atoms with van der Waals surface area (Å²) in [6.07, 6.45) is 1.61. The number of benzene rings is 1. The van der Waals surface area contributed by atoms with E-state index in [1.165, 1.54) is 0 Å². The van der Waals surface area contributed by atoms with Gasteiger partial charge in [-0.3, -0.25) is 0 Å². The van der Waals surface area contributed by atoms with E-state index in [4.69, 9.17) is 4.74 Å². The Bertz CT molecular complexity index is 396. The SMILES string of the molecule is CC1(C)Oc2cc(O)ccc2CC1C=O. The zero-order valence-corrected chi connectivity index (χ0v) is 8.86. The number of ether oxygens (including phenoxy) is 1. The fourth-order valence-corrected chi connectivity index (χ4v) is 1.86. The summed E-state index contributed by atoms with van der Waals surface area (Å²) in [5.41, 5.74) is 0.479. The molecular weight excluding hydrogens is 192 g/mol. The number of rotatable bonds is 1. The highest BCUT2D eigenvalue weighted by Crippen LogP contribution is 2.37. The van der Waals surface area contributed by atoms with Crippen LogP contribution in [0.2, 0.25) is 0 Å². The van der Waals surface area contributed by atoms with E-state index in [-0.39, 0.29) is 11.7 Å². The van der Waals surface area contributed by atoms with Crippen molar-refractivity contribution in [1.29, 1.82) is 0 Å². The van der Waals surface area contributed by atoms with Crippen molar-refractivity contribution in [2.75, 3.05) is 0 Å². The van der Waals surface area contributed by atoms with Gasteiger partial charge in [0.2, 0.25) is 0 Å². The smallest absolute Gasteiger partial charge is 0.127 e. The molecule has 1 aromatic rings. The summed E-state index contributed by atoms with van der Waals surface area (Å²) in [7, 11) is 0. The lowest BCUT2D eigenvalue weighted by Gasteiger charge is -2.37. The van der Waals surface area contributed by atoms with Gasteiger partial charge in [0.05, 0.1) is 5.92 Å². The predicted molar refractivity (Wildman–Crippen MR) is 56.1 cm³/mol. The Labute approximate surface area is 88.7 Å². The van der Waals surface area contributed by atoms with E-state index in [1.54, 1.807) is 18.2 Å². The van der Waals surface area contributed by atoms with Gasteiger partial charge in [0, 0.05) is 6.07 Å². The lowest BCUT2D eigenvalue weighted by atomic mass is 9.83. The molecule has 1 atom stereocenters. The van der Waals surface area contributed by atoms with Crippen LogP contribution in [0.1, 0.15) is 19.4 Å². The summed E-state index contributed by atoms with van der Waals surface area (Å²) in [4.78, 5) is 10.9. The molecule has 0 radical (unpaired) electrons. The minimum atomic E-state index is -0.497. The number of aromatic hydroxyl groups is 1. The van der Waals surface area contributed by atoms with Gasteiger partial charge in [0.15, 0.2) is 0 Å². The maximum atomic E-state index is 10.9. The minimum absolute atomic E-state index is 0.130. The van der Waals surface area contributed by atoms with E-state index in [2.05, 4.69) is 0 Å². The standard InChI is InChI=1S/C12H14O3/c1-12(2)9(7-13)5-8-3-4-10(14)6-11(8)15-12/h3-4,6-7,9,14H,5H2,1-2H3. The second-order valence-corrected chi connectivity index (χ2v) is 4.44. The van der Waals surface area contributed by atoms with Crippen molar-refractivity contribution in [3.05, 3.63) is 23.8 Å². The topological polar surface area (TPSA) is 46.5 Å². The Hall–Kier alpha value is -1.51. The average molecular weight is 206 g/mol. The normalized spacial score (nSPS) is 22.7. The van der Waals surface area contributed by atoms with Crippen LogP contribution in [0.15, 0.2) is 18.2 Å². The maximum Gasteiger partial charge on any atom is 0.127 e. The van der Waals surface area contributed by atoms with Crippen molar-refractivity contribution in [2.24, 2.45) is 5.92 Å². The van der Waals surface area contributed by atoms with Gasteiger partial charge in [0.1, 0.15) is 23.4 Å². The number of aldehydes is 1. The molecule has 3 heteroatoms. The third-order valence-corrected chi connectivity index (χ3v) is 2.92. The Balaban J connectivity index is 2.42. The zero-order valence-electron chi connectivity index (χ0n) is 8.86. The molecule has 1 unspecified atom stereocenters. The lowest BCUT2D eigenvalue weighted by Crippen LogP contribution is -2.42. The molecule has 15 heavy (non-hydrogen) atoms. The van der Waals surface area contributed by atoms with E-state index in [9.17, 15) is 9.90 Å². The first-order valence-electron chi connectivity index (χ1n) is 4.99. The number of phenols is 1. The summed E-state index contributed by atoms with van der Waals surface area (Å²) < 4.78 is 5.71. The van der Waals surface area contributed by atoms with Crippen molar-refractivity contribution in [2.45, 2.75) is 25.9 Å². The molecule has 1 heterocycles. The molecule has 0 saturated heterocycles. The van der Waals surface area contributed by atoms with Crippen LogP contribution < -0.4 is 4.74 Å². The Morgan fingerprint density at radius 3 is 2.93 bits per heavy atom. The van der Waals surface area contributed by atoms with Crippen LogP contribution >= 0.6 is 0 Å². The molecule has 1 N–H and O–H groups in total. The Kier molecular flexibility index (Phi) is 2.18. The highest BCUT2D eigenvalue weighted by Gasteiger charge is 2.36. The Morgan fingerprint density at radius 2 is 2.27 bits per heavy atom. The van der Waals surface area contributed by atoms with Crippen LogP contribution in [-0.4, -0.2) is 17.0 Å². The zero-order chi connectivity index (χ0) is 11.1. The Morgan fingerprint density at radius 1 is 1.53 bits per heavy atom. The summed E-state index contributed by atoms with van der Waals surface area (Å²) in [6, 6.07) is 5.01. The summed E-state index contributed by atoms with van der Waals surface area (Å²) in [6.45, 7) is 3.78. The molecule has 0 aliphatic carbocycles. The molecule has 2 rings (SSSR count). The first-order valence-corrected chi connectivity index (χ1v) is 4.99. The monoisotopic (exact) mass is 206 g/mol. The van der Waals surface area contributed by atoms with E-state index >= 15 is 0 Å². The van der Waals surface area contributed by atoms with Gasteiger partial charge >= 0.3 is 0 Å². The van der Waals surface area contributed by atoms with E-state index in [0.717, 1.165) is 11.8 Å². The maximum absolute atomic E-state index is 10.9. The lowest BCUT2D eigenvalue weighted by molar-refractivity contribution is -0.117. The van der Waals surface area contributed by atoms with Crippen molar-refractivity contribution in [1.82, 2.24) is 0 Å². The molecule has 80 valence electrons. The number of hydrogen-bond acceptors (Lipinski definition) is 3. The summed E-state index contributed by atoms with van der Waals surface area (Å²) in [5, 5.41) is 9.33. The first-order chi connectivity index (χ1) is 7.03. The molecule has 1 aromatic carbocycles. The van der Waals surface area contributed by atoms with E-state index in [0.29, 0.717) is 12.2 Å². The molecule has 0 fully saturated rings. The van der Waals surface area contributed by atoms with Gasteiger partial charge in [-0.15, -0.1) is 0 Å². The molecule has 1 aliphatic heterocycles. The quantitative estimate of drug-likeness (QED) is 0.714. The van der Waals surface area contributed by atoms with E-state index in [1.807, 2.05) is 13.8 Å². The third kappa shape index (κ3) is 1.69. The second-order valence-electron chi connectivity index (χ2n) is 4.44. The predicted octanol–water partition coefficient (Wildman–Crippen LogP) is 1.92. The average Bonchev–Trinajstić information content (AvgIpc) is 2.15. The molecule has 0 amide bonds. The van der Waals surface area contributed by atoms with Crippen LogP contribution in [0.4, 0.5) is 0 Å². The van der Waals surface area contributed by atoms with Gasteiger partial charge in [0.25, 0.3) is 0 Å². The van der Waals surface area contributed by atoms with Crippen LogP contribution in [0.5, 0.6) is 11.5 Å². The molecule has 0 bridgehead atoms. The van der Waals surface area contributed by atoms with Crippen molar-refractivity contribution in [3.8, 4) is 11.5 Å². The van der Waals surface area contributed by atoms with Crippen molar-refractivity contribution >= 4 is 6.29 Å². The molecule has 0 spiro atoms. The fraction of sp³-hybridized carbons (Fsp3) is 0.417. The number of carbonyl (C=O) groups excluding carboxylic acids is 1. The molecule has 3 nitrogen and oxygen atoms in total. The second kappa shape index (κ2) is 3.26. The largest absolute Gasteiger partial charge is 0.508 e. The van der Waals surface area contributed by atoms with Crippen LogP contribution in [0.3, 0.4) is 0 Å². The van der Waals surface area contributed by atoms with Gasteiger partial charge in [-0.05, 0) is 31.9 Å². The molecular formula is C12H14O3. The van der Waals surface area contributed by atoms with Gasteiger partial charge in [-0.1, -0.05) is 6.07 Å². The summed E-state index contributed by atoms with van der Waals surface area (Å²) in [5.74, 6) is 0.738. The van der Waals surface area contributed by atoms with E-state index < -0.39 is 5.60 Å². The van der Waals surface area contributed by atoms with Gasteiger partial charge < -0.3 is 14.6 Å². The highest BCUT2D eigenvalue weighted by molar-refractivity contribution is 5.59.